The summed E-state index contributed by atoms with van der Waals surface area (Å²) in [4.78, 5) is 30.6. The zero-order chi connectivity index (χ0) is 24.3. The quantitative estimate of drug-likeness (QED) is 0.613. The maximum absolute atomic E-state index is 13.9. The molecular formula is C26H38N2O4S. The van der Waals surface area contributed by atoms with E-state index < -0.39 is 12.2 Å². The third kappa shape index (κ3) is 6.59. The predicted molar refractivity (Wildman–Crippen MR) is 132 cm³/mol. The molecule has 0 spiro atoms. The molecular weight excluding hydrogens is 436 g/mol. The van der Waals surface area contributed by atoms with E-state index in [1.165, 1.54) is 0 Å². The number of carbonyl (C=O) groups excluding carboxylic acids is 1. The summed E-state index contributed by atoms with van der Waals surface area (Å²) in [6.07, 6.45) is 5.00. The van der Waals surface area contributed by atoms with Gasteiger partial charge >= 0.3 is 5.97 Å². The van der Waals surface area contributed by atoms with E-state index in [0.29, 0.717) is 22.9 Å². The number of aliphatic hydroxyl groups excluding tert-OH is 1. The topological polar surface area (TPSA) is 81.1 Å². The van der Waals surface area contributed by atoms with Gasteiger partial charge in [-0.3, -0.25) is 9.69 Å². The maximum Gasteiger partial charge on any atom is 0.348 e. The number of aliphatic hydroxyl groups is 1. The fraction of sp³-hybridized carbons (Fsp3) is 0.692. The Hall–Kier alpha value is -1.88. The van der Waals surface area contributed by atoms with Crippen molar-refractivity contribution in [2.75, 3.05) is 18.5 Å². The van der Waals surface area contributed by atoms with Crippen molar-refractivity contribution < 1.29 is 19.8 Å². The van der Waals surface area contributed by atoms with Crippen LogP contribution in [0.1, 0.15) is 87.2 Å². The van der Waals surface area contributed by atoms with Crippen molar-refractivity contribution in [3.8, 4) is 11.8 Å². The van der Waals surface area contributed by atoms with E-state index in [2.05, 4.69) is 18.8 Å². The van der Waals surface area contributed by atoms with Gasteiger partial charge in [0.05, 0.1) is 10.6 Å². The van der Waals surface area contributed by atoms with Gasteiger partial charge in [-0.2, -0.15) is 0 Å². The largest absolute Gasteiger partial charge is 0.477 e. The van der Waals surface area contributed by atoms with Gasteiger partial charge in [0.1, 0.15) is 11.1 Å². The number of rotatable bonds is 4. The van der Waals surface area contributed by atoms with Gasteiger partial charge in [-0.05, 0) is 78.3 Å². The molecule has 33 heavy (non-hydrogen) atoms. The zero-order valence-corrected chi connectivity index (χ0v) is 21.4. The minimum atomic E-state index is -1.04. The second kappa shape index (κ2) is 10.6. The smallest absolute Gasteiger partial charge is 0.348 e. The summed E-state index contributed by atoms with van der Waals surface area (Å²) in [5.41, 5.74) is 0.230. The number of carboxylic acid groups (broad SMARTS) is 1. The van der Waals surface area contributed by atoms with Crippen LogP contribution in [0.25, 0.3) is 0 Å². The molecule has 1 aliphatic heterocycles. The van der Waals surface area contributed by atoms with Crippen LogP contribution in [-0.4, -0.2) is 52.9 Å². The Labute approximate surface area is 202 Å². The fourth-order valence-corrected chi connectivity index (χ4v) is 5.57. The number of anilines is 1. The summed E-state index contributed by atoms with van der Waals surface area (Å²) in [6, 6.07) is 1.53. The molecule has 0 radical (unpaired) electrons. The normalized spacial score (nSPS) is 26.7. The molecule has 2 heterocycles. The number of likely N-dealkylation sites (tertiary alicyclic amines) is 1. The average molecular weight is 475 g/mol. The van der Waals surface area contributed by atoms with Gasteiger partial charge in [0.15, 0.2) is 0 Å². The molecule has 3 rings (SSSR count). The lowest BCUT2D eigenvalue weighted by Crippen LogP contribution is -2.46. The summed E-state index contributed by atoms with van der Waals surface area (Å²) in [5, 5.41) is 20.7. The van der Waals surface area contributed by atoms with E-state index in [9.17, 15) is 19.8 Å². The lowest BCUT2D eigenvalue weighted by Gasteiger charge is -2.36. The molecule has 2 atom stereocenters. The number of carboxylic acids is 1. The Balaban J connectivity index is 2.04. The molecule has 0 aromatic carbocycles. The number of amides is 1. The van der Waals surface area contributed by atoms with Crippen molar-refractivity contribution in [3.05, 3.63) is 15.8 Å². The fourth-order valence-electron chi connectivity index (χ4n) is 4.72. The highest BCUT2D eigenvalue weighted by molar-refractivity contribution is 7.15. The van der Waals surface area contributed by atoms with Crippen LogP contribution in [-0.2, 0) is 4.79 Å². The predicted octanol–water partition coefficient (Wildman–Crippen LogP) is 4.81. The second-order valence-electron chi connectivity index (χ2n) is 10.8. The minimum absolute atomic E-state index is 0.000663. The molecule has 1 saturated heterocycles. The number of hydrogen-bond acceptors (Lipinski definition) is 5. The first-order valence-corrected chi connectivity index (χ1v) is 12.9. The average Bonchev–Trinajstić information content (AvgIpc) is 3.08. The molecule has 1 aliphatic carbocycles. The summed E-state index contributed by atoms with van der Waals surface area (Å²) < 4.78 is 0. The maximum atomic E-state index is 13.9. The van der Waals surface area contributed by atoms with Crippen molar-refractivity contribution in [2.45, 2.75) is 84.9 Å². The van der Waals surface area contributed by atoms with E-state index in [1.54, 1.807) is 11.0 Å². The minimum Gasteiger partial charge on any atom is -0.477 e. The van der Waals surface area contributed by atoms with E-state index >= 15 is 0 Å². The van der Waals surface area contributed by atoms with Gasteiger partial charge in [-0.15, -0.1) is 11.3 Å². The van der Waals surface area contributed by atoms with Crippen LogP contribution in [0, 0.1) is 29.1 Å². The molecule has 1 saturated carbocycles. The molecule has 2 unspecified atom stereocenters. The van der Waals surface area contributed by atoms with Crippen LogP contribution in [0.5, 0.6) is 0 Å². The van der Waals surface area contributed by atoms with Crippen molar-refractivity contribution in [2.24, 2.45) is 17.3 Å². The highest BCUT2D eigenvalue weighted by Crippen LogP contribution is 2.38. The number of nitrogens with zero attached hydrogens (tertiary/aromatic N) is 2. The molecule has 6 nitrogen and oxygen atoms in total. The van der Waals surface area contributed by atoms with Crippen LogP contribution < -0.4 is 4.90 Å². The molecule has 2 N–H and O–H groups in total. The highest BCUT2D eigenvalue weighted by Gasteiger charge is 2.37. The van der Waals surface area contributed by atoms with Gasteiger partial charge in [-0.1, -0.05) is 18.8 Å². The lowest BCUT2D eigenvalue weighted by molar-refractivity contribution is -0.124. The molecule has 1 aromatic rings. The van der Waals surface area contributed by atoms with Crippen LogP contribution >= 0.6 is 11.3 Å². The van der Waals surface area contributed by atoms with Crippen molar-refractivity contribution >= 4 is 28.9 Å². The number of thiophene rings is 1. The third-order valence-electron chi connectivity index (χ3n) is 6.73. The first kappa shape index (κ1) is 25.7. The van der Waals surface area contributed by atoms with Crippen LogP contribution in [0.4, 0.5) is 5.69 Å². The second-order valence-corrected chi connectivity index (χ2v) is 11.8. The van der Waals surface area contributed by atoms with Crippen molar-refractivity contribution in [1.29, 1.82) is 0 Å². The number of hydrogen-bond donors (Lipinski definition) is 2. The highest BCUT2D eigenvalue weighted by atomic mass is 32.1. The van der Waals surface area contributed by atoms with Gasteiger partial charge < -0.3 is 15.1 Å². The monoisotopic (exact) mass is 474 g/mol. The van der Waals surface area contributed by atoms with Crippen LogP contribution in [0.3, 0.4) is 0 Å². The van der Waals surface area contributed by atoms with Crippen molar-refractivity contribution in [3.63, 3.8) is 0 Å². The molecule has 7 heteroatoms. The van der Waals surface area contributed by atoms with Gasteiger partial charge in [0.2, 0.25) is 5.91 Å². The molecule has 182 valence electrons. The van der Waals surface area contributed by atoms with Gasteiger partial charge in [-0.25, -0.2) is 4.79 Å². The molecule has 1 aromatic heterocycles. The van der Waals surface area contributed by atoms with Crippen molar-refractivity contribution in [1.82, 2.24) is 4.90 Å². The summed E-state index contributed by atoms with van der Waals surface area (Å²) in [7, 11) is 1.88. The Kier molecular flexibility index (Phi) is 8.26. The Morgan fingerprint density at radius 3 is 2.45 bits per heavy atom. The first-order chi connectivity index (χ1) is 15.5. The molecule has 2 fully saturated rings. The SMILES string of the molecule is CC1CCC(C(=O)N(c2cc(C#CC(C)(C)C)sc2C(=O)O)C2CCCN(C)C(O)C2)CC1. The van der Waals surface area contributed by atoms with Gasteiger partial charge in [0.25, 0.3) is 0 Å². The number of aromatic carboxylic acids is 1. The molecule has 0 bridgehead atoms. The Bertz CT molecular complexity index is 915. The van der Waals surface area contributed by atoms with E-state index in [-0.39, 0.29) is 28.2 Å². The van der Waals surface area contributed by atoms with Gasteiger partial charge in [0, 0.05) is 30.3 Å². The van der Waals surface area contributed by atoms with Crippen LogP contribution in [0.2, 0.25) is 0 Å². The third-order valence-corrected chi connectivity index (χ3v) is 7.76. The summed E-state index contributed by atoms with van der Waals surface area (Å²) in [5.74, 6) is 5.76. The first-order valence-electron chi connectivity index (χ1n) is 12.1. The number of carbonyl (C=O) groups is 2. The van der Waals surface area contributed by atoms with Crippen LogP contribution in [0.15, 0.2) is 6.07 Å². The Morgan fingerprint density at radius 1 is 1.18 bits per heavy atom. The lowest BCUT2D eigenvalue weighted by atomic mass is 9.82. The summed E-state index contributed by atoms with van der Waals surface area (Å²) in [6.45, 7) is 9.00. The van der Waals surface area contributed by atoms with E-state index in [4.69, 9.17) is 0 Å². The Morgan fingerprint density at radius 2 is 1.85 bits per heavy atom. The van der Waals surface area contributed by atoms with E-state index in [1.807, 2.05) is 32.7 Å². The zero-order valence-electron chi connectivity index (χ0n) is 20.6. The standard InChI is InChI=1S/C26H38N2O4S/c1-17-8-10-18(11-9-17)24(30)28(19-7-6-14-27(5)22(29)15-19)21-16-20(12-13-26(2,3)4)33-23(21)25(31)32/h16-19,22,29H,6-11,14-15H2,1-5H3,(H,31,32). The molecule has 2 aliphatic rings. The summed E-state index contributed by atoms with van der Waals surface area (Å²) >= 11 is 1.13. The molecule has 1 amide bonds. The van der Waals surface area contributed by atoms with E-state index in [0.717, 1.165) is 56.4 Å².